The summed E-state index contributed by atoms with van der Waals surface area (Å²) in [5.41, 5.74) is 1.12. The fourth-order valence-corrected chi connectivity index (χ4v) is 2.24. The van der Waals surface area contributed by atoms with Crippen molar-refractivity contribution in [3.8, 4) is 0 Å². The predicted octanol–water partition coefficient (Wildman–Crippen LogP) is 1.56. The molecule has 0 radical (unpaired) electrons. The Kier molecular flexibility index (Phi) is 3.72. The lowest BCUT2D eigenvalue weighted by Gasteiger charge is -2.16. The minimum Gasteiger partial charge on any atom is -0.395 e. The van der Waals surface area contributed by atoms with Crippen molar-refractivity contribution in [2.45, 2.75) is 31.6 Å². The van der Waals surface area contributed by atoms with E-state index in [2.05, 4.69) is 16.3 Å². The van der Waals surface area contributed by atoms with Gasteiger partial charge in [0, 0.05) is 19.5 Å². The van der Waals surface area contributed by atoms with Crippen LogP contribution in [0.15, 0.2) is 12.1 Å². The molecule has 1 heterocycles. The van der Waals surface area contributed by atoms with Gasteiger partial charge in [0.25, 0.3) is 0 Å². The third kappa shape index (κ3) is 2.50. The van der Waals surface area contributed by atoms with E-state index < -0.39 is 0 Å². The zero-order valence-corrected chi connectivity index (χ0v) is 9.76. The van der Waals surface area contributed by atoms with E-state index in [0.717, 1.165) is 11.5 Å². The number of aliphatic hydroxyl groups excluding tert-OH is 1. The first-order valence-corrected chi connectivity index (χ1v) is 5.97. The monoisotopic (exact) mass is 221 g/mol. The molecule has 1 fully saturated rings. The van der Waals surface area contributed by atoms with Gasteiger partial charge in [-0.25, -0.2) is 0 Å². The molecule has 0 aromatic carbocycles. The summed E-state index contributed by atoms with van der Waals surface area (Å²) in [4.78, 5) is 1.91. The Labute approximate surface area is 96.3 Å². The van der Waals surface area contributed by atoms with Crippen molar-refractivity contribution in [3.05, 3.63) is 17.8 Å². The maximum atomic E-state index is 8.84. The SMILES string of the molecule is CN(CCO)c1ccc(C2CCCC2)nn1. The highest BCUT2D eigenvalue weighted by Gasteiger charge is 2.18. The van der Waals surface area contributed by atoms with E-state index in [4.69, 9.17) is 5.11 Å². The van der Waals surface area contributed by atoms with Crippen LogP contribution >= 0.6 is 0 Å². The molecule has 2 rings (SSSR count). The summed E-state index contributed by atoms with van der Waals surface area (Å²) in [6.45, 7) is 0.736. The Morgan fingerprint density at radius 1 is 1.31 bits per heavy atom. The Morgan fingerprint density at radius 3 is 2.62 bits per heavy atom. The fourth-order valence-electron chi connectivity index (χ4n) is 2.24. The van der Waals surface area contributed by atoms with Crippen molar-refractivity contribution in [2.24, 2.45) is 0 Å². The number of nitrogens with zero attached hydrogens (tertiary/aromatic N) is 3. The summed E-state index contributed by atoms with van der Waals surface area (Å²) >= 11 is 0. The number of hydrogen-bond acceptors (Lipinski definition) is 4. The minimum atomic E-state index is 0.141. The van der Waals surface area contributed by atoms with Crippen molar-refractivity contribution in [1.82, 2.24) is 10.2 Å². The first-order valence-electron chi connectivity index (χ1n) is 5.97. The third-order valence-electron chi connectivity index (χ3n) is 3.27. The molecule has 1 aromatic heterocycles. The van der Waals surface area contributed by atoms with E-state index in [1.807, 2.05) is 18.0 Å². The van der Waals surface area contributed by atoms with Crippen molar-refractivity contribution in [2.75, 3.05) is 25.1 Å². The van der Waals surface area contributed by atoms with Gasteiger partial charge in [-0.15, -0.1) is 5.10 Å². The van der Waals surface area contributed by atoms with Crippen LogP contribution in [-0.4, -0.2) is 35.5 Å². The van der Waals surface area contributed by atoms with Gasteiger partial charge in [-0.3, -0.25) is 0 Å². The molecule has 1 saturated carbocycles. The van der Waals surface area contributed by atoms with Crippen LogP contribution in [0.4, 0.5) is 5.82 Å². The van der Waals surface area contributed by atoms with Gasteiger partial charge in [-0.05, 0) is 25.0 Å². The normalized spacial score (nSPS) is 16.6. The minimum absolute atomic E-state index is 0.141. The van der Waals surface area contributed by atoms with E-state index in [0.29, 0.717) is 12.5 Å². The van der Waals surface area contributed by atoms with Crippen molar-refractivity contribution >= 4 is 5.82 Å². The van der Waals surface area contributed by atoms with Crippen LogP contribution in [0.3, 0.4) is 0 Å². The topological polar surface area (TPSA) is 49.2 Å². The second kappa shape index (κ2) is 5.25. The van der Waals surface area contributed by atoms with Gasteiger partial charge in [-0.2, -0.15) is 5.10 Å². The molecule has 0 saturated heterocycles. The van der Waals surface area contributed by atoms with E-state index >= 15 is 0 Å². The molecule has 4 nitrogen and oxygen atoms in total. The van der Waals surface area contributed by atoms with Crippen molar-refractivity contribution in [1.29, 1.82) is 0 Å². The number of rotatable bonds is 4. The Bertz CT molecular complexity index is 320. The molecule has 0 amide bonds. The van der Waals surface area contributed by atoms with Crippen molar-refractivity contribution in [3.63, 3.8) is 0 Å². The lowest BCUT2D eigenvalue weighted by molar-refractivity contribution is 0.303. The second-order valence-electron chi connectivity index (χ2n) is 4.44. The van der Waals surface area contributed by atoms with Crippen LogP contribution < -0.4 is 4.90 Å². The molecule has 4 heteroatoms. The number of aliphatic hydroxyl groups is 1. The van der Waals surface area contributed by atoms with Gasteiger partial charge in [0.05, 0.1) is 12.3 Å². The predicted molar refractivity (Wildman–Crippen MR) is 63.6 cm³/mol. The smallest absolute Gasteiger partial charge is 0.151 e. The van der Waals surface area contributed by atoms with Crippen LogP contribution in [0.2, 0.25) is 0 Å². The van der Waals surface area contributed by atoms with E-state index in [-0.39, 0.29) is 6.61 Å². The molecule has 0 spiro atoms. The molecule has 1 aromatic rings. The molecule has 88 valence electrons. The zero-order valence-electron chi connectivity index (χ0n) is 9.76. The number of likely N-dealkylation sites (N-methyl/N-ethyl adjacent to an activating group) is 1. The molecule has 1 N–H and O–H groups in total. The maximum Gasteiger partial charge on any atom is 0.151 e. The van der Waals surface area contributed by atoms with Crippen LogP contribution in [0.25, 0.3) is 0 Å². The summed E-state index contributed by atoms with van der Waals surface area (Å²) in [5, 5.41) is 17.3. The molecular formula is C12H19N3O. The molecule has 16 heavy (non-hydrogen) atoms. The Balaban J connectivity index is 2.03. The third-order valence-corrected chi connectivity index (χ3v) is 3.27. The summed E-state index contributed by atoms with van der Waals surface area (Å²) in [6, 6.07) is 4.07. The highest BCUT2D eigenvalue weighted by atomic mass is 16.3. The number of anilines is 1. The van der Waals surface area contributed by atoms with Crippen molar-refractivity contribution < 1.29 is 5.11 Å². The highest BCUT2D eigenvalue weighted by Crippen LogP contribution is 2.32. The van der Waals surface area contributed by atoms with Crippen LogP contribution in [0.5, 0.6) is 0 Å². The quantitative estimate of drug-likeness (QED) is 0.838. The summed E-state index contributed by atoms with van der Waals surface area (Å²) in [6.07, 6.45) is 5.14. The molecule has 0 atom stereocenters. The molecule has 0 unspecified atom stereocenters. The van der Waals surface area contributed by atoms with E-state index in [1.165, 1.54) is 25.7 Å². The molecule has 1 aliphatic carbocycles. The van der Waals surface area contributed by atoms with Crippen LogP contribution in [-0.2, 0) is 0 Å². The van der Waals surface area contributed by atoms with Gasteiger partial charge >= 0.3 is 0 Å². The lowest BCUT2D eigenvalue weighted by Crippen LogP contribution is -2.22. The van der Waals surface area contributed by atoms with Gasteiger partial charge in [0.2, 0.25) is 0 Å². The summed E-state index contributed by atoms with van der Waals surface area (Å²) in [5.74, 6) is 1.44. The first-order chi connectivity index (χ1) is 7.81. The molecule has 1 aliphatic rings. The van der Waals surface area contributed by atoms with Gasteiger partial charge in [0.15, 0.2) is 5.82 Å². The maximum absolute atomic E-state index is 8.84. The molecular weight excluding hydrogens is 202 g/mol. The Hall–Kier alpha value is -1.16. The highest BCUT2D eigenvalue weighted by molar-refractivity contribution is 5.36. The fraction of sp³-hybridized carbons (Fsp3) is 0.667. The van der Waals surface area contributed by atoms with Crippen LogP contribution in [0, 0.1) is 0 Å². The Morgan fingerprint density at radius 2 is 2.06 bits per heavy atom. The standard InChI is InChI=1S/C12H19N3O/c1-15(8-9-16)12-7-6-11(13-14-12)10-4-2-3-5-10/h6-7,10,16H,2-5,8-9H2,1H3. The van der Waals surface area contributed by atoms with Gasteiger partial charge in [0.1, 0.15) is 0 Å². The van der Waals surface area contributed by atoms with E-state index in [9.17, 15) is 0 Å². The summed E-state index contributed by atoms with van der Waals surface area (Å²) < 4.78 is 0. The summed E-state index contributed by atoms with van der Waals surface area (Å²) in [7, 11) is 1.91. The van der Waals surface area contributed by atoms with Gasteiger partial charge in [-0.1, -0.05) is 12.8 Å². The number of aromatic nitrogens is 2. The first kappa shape index (κ1) is 11.3. The average molecular weight is 221 g/mol. The molecule has 0 aliphatic heterocycles. The average Bonchev–Trinajstić information content (AvgIpc) is 2.83. The zero-order chi connectivity index (χ0) is 11.4. The largest absolute Gasteiger partial charge is 0.395 e. The molecule has 0 bridgehead atoms. The second-order valence-corrected chi connectivity index (χ2v) is 4.44. The van der Waals surface area contributed by atoms with E-state index in [1.54, 1.807) is 0 Å². The van der Waals surface area contributed by atoms with Gasteiger partial charge < -0.3 is 10.0 Å². The lowest BCUT2D eigenvalue weighted by atomic mass is 10.0. The van der Waals surface area contributed by atoms with Crippen LogP contribution in [0.1, 0.15) is 37.3 Å². The number of hydrogen-bond donors (Lipinski definition) is 1.